The van der Waals surface area contributed by atoms with Crippen molar-refractivity contribution in [3.05, 3.63) is 30.2 Å². The Hall–Kier alpha value is -2.45. The molecule has 168 valence electrons. The summed E-state index contributed by atoms with van der Waals surface area (Å²) < 4.78 is 5.97. The Morgan fingerprint density at radius 3 is 2.68 bits per heavy atom. The SMILES string of the molecule is CC(=O)N1C[C@@H](C)N(CCNC(=O)[C@H]2NCCCC2c2nc3ccccc3o2)[C@@H](C)C1. The first kappa shape index (κ1) is 21.8. The van der Waals surface area contributed by atoms with Crippen LogP contribution >= 0.6 is 0 Å². The molecule has 2 saturated heterocycles. The number of benzene rings is 1. The smallest absolute Gasteiger partial charge is 0.238 e. The number of carbonyl (C=O) groups is 2. The number of aromatic nitrogens is 1. The van der Waals surface area contributed by atoms with Crippen LogP contribution in [0, 0.1) is 0 Å². The zero-order chi connectivity index (χ0) is 22.0. The quantitative estimate of drug-likeness (QED) is 0.755. The fourth-order valence-corrected chi connectivity index (χ4v) is 4.95. The van der Waals surface area contributed by atoms with Crippen molar-refractivity contribution in [3.63, 3.8) is 0 Å². The Morgan fingerprint density at radius 2 is 1.97 bits per heavy atom. The molecule has 4 atom stereocenters. The number of hydrogen-bond donors (Lipinski definition) is 2. The van der Waals surface area contributed by atoms with Gasteiger partial charge < -0.3 is 20.0 Å². The summed E-state index contributed by atoms with van der Waals surface area (Å²) in [5, 5.41) is 6.48. The van der Waals surface area contributed by atoms with E-state index in [9.17, 15) is 9.59 Å². The fourth-order valence-electron chi connectivity index (χ4n) is 4.95. The molecular formula is C23H33N5O3. The minimum Gasteiger partial charge on any atom is -0.440 e. The number of nitrogens with one attached hydrogen (secondary N) is 2. The molecule has 31 heavy (non-hydrogen) atoms. The molecule has 3 heterocycles. The second-order valence-electron chi connectivity index (χ2n) is 8.85. The molecule has 8 heteroatoms. The second kappa shape index (κ2) is 9.36. The van der Waals surface area contributed by atoms with Gasteiger partial charge in [-0.1, -0.05) is 12.1 Å². The van der Waals surface area contributed by atoms with E-state index in [1.165, 1.54) is 0 Å². The Kier molecular flexibility index (Phi) is 6.57. The number of amides is 2. The monoisotopic (exact) mass is 427 g/mol. The van der Waals surface area contributed by atoms with E-state index in [1.807, 2.05) is 29.2 Å². The Balaban J connectivity index is 1.35. The van der Waals surface area contributed by atoms with Gasteiger partial charge in [0.1, 0.15) is 5.52 Å². The molecule has 0 bridgehead atoms. The van der Waals surface area contributed by atoms with E-state index in [-0.39, 0.29) is 35.9 Å². The highest BCUT2D eigenvalue weighted by molar-refractivity contribution is 5.83. The highest BCUT2D eigenvalue weighted by atomic mass is 16.3. The fraction of sp³-hybridized carbons (Fsp3) is 0.609. The number of piperazine rings is 1. The van der Waals surface area contributed by atoms with Gasteiger partial charge in [0.25, 0.3) is 0 Å². The van der Waals surface area contributed by atoms with Gasteiger partial charge in [0.05, 0.1) is 12.0 Å². The normalized spacial score (nSPS) is 27.4. The maximum atomic E-state index is 13.0. The Labute approximate surface area is 183 Å². The number of para-hydroxylation sites is 2. The van der Waals surface area contributed by atoms with Gasteiger partial charge in [-0.15, -0.1) is 0 Å². The number of fused-ring (bicyclic) bond motifs is 1. The molecule has 2 fully saturated rings. The van der Waals surface area contributed by atoms with Crippen LogP contribution in [0.5, 0.6) is 0 Å². The van der Waals surface area contributed by atoms with Gasteiger partial charge in [0, 0.05) is 45.2 Å². The molecular weight excluding hydrogens is 394 g/mol. The van der Waals surface area contributed by atoms with Crippen LogP contribution in [-0.2, 0) is 9.59 Å². The molecule has 2 aromatic rings. The van der Waals surface area contributed by atoms with Crippen molar-refractivity contribution in [2.75, 3.05) is 32.7 Å². The predicted octanol–water partition coefficient (Wildman–Crippen LogP) is 1.72. The number of rotatable bonds is 5. The van der Waals surface area contributed by atoms with Crippen LogP contribution in [0.25, 0.3) is 11.1 Å². The lowest BCUT2D eigenvalue weighted by Crippen LogP contribution is -2.59. The van der Waals surface area contributed by atoms with E-state index in [0.717, 1.165) is 50.1 Å². The molecule has 1 aromatic heterocycles. The topological polar surface area (TPSA) is 90.7 Å². The molecule has 1 aromatic carbocycles. The molecule has 2 amide bonds. The lowest BCUT2D eigenvalue weighted by Gasteiger charge is -2.44. The summed E-state index contributed by atoms with van der Waals surface area (Å²) in [6.07, 6.45) is 1.86. The first-order chi connectivity index (χ1) is 14.9. The van der Waals surface area contributed by atoms with Gasteiger partial charge in [-0.3, -0.25) is 14.5 Å². The van der Waals surface area contributed by atoms with Crippen molar-refractivity contribution in [2.24, 2.45) is 0 Å². The minimum atomic E-state index is -0.341. The molecule has 2 aliphatic rings. The van der Waals surface area contributed by atoms with E-state index >= 15 is 0 Å². The first-order valence-corrected chi connectivity index (χ1v) is 11.3. The number of hydrogen-bond acceptors (Lipinski definition) is 6. The third-order valence-corrected chi connectivity index (χ3v) is 6.58. The molecule has 0 aliphatic carbocycles. The van der Waals surface area contributed by atoms with Crippen LogP contribution in [0.1, 0.15) is 45.4 Å². The van der Waals surface area contributed by atoms with Crippen molar-refractivity contribution in [1.82, 2.24) is 25.4 Å². The number of oxazole rings is 1. The zero-order valence-electron chi connectivity index (χ0n) is 18.6. The highest BCUT2D eigenvalue weighted by Gasteiger charge is 2.35. The standard InChI is InChI=1S/C23H33N5O3/c1-15-13-27(17(3)29)14-16(2)28(15)12-11-25-22(30)21-18(7-6-10-24-21)23-26-19-8-4-5-9-20(19)31-23/h4-5,8-9,15-16,18,21,24H,6-7,10-14H2,1-3H3,(H,25,30)/t15-,16+,18?,21-/m0/s1. The second-order valence-corrected chi connectivity index (χ2v) is 8.85. The summed E-state index contributed by atoms with van der Waals surface area (Å²) in [6, 6.07) is 7.91. The minimum absolute atomic E-state index is 0.00497. The zero-order valence-corrected chi connectivity index (χ0v) is 18.6. The van der Waals surface area contributed by atoms with E-state index in [4.69, 9.17) is 4.42 Å². The first-order valence-electron chi connectivity index (χ1n) is 11.3. The van der Waals surface area contributed by atoms with Crippen molar-refractivity contribution >= 4 is 22.9 Å². The van der Waals surface area contributed by atoms with Gasteiger partial charge in [-0.25, -0.2) is 4.98 Å². The van der Waals surface area contributed by atoms with E-state index in [0.29, 0.717) is 12.4 Å². The lowest BCUT2D eigenvalue weighted by atomic mass is 9.90. The summed E-state index contributed by atoms with van der Waals surface area (Å²) in [5.74, 6) is 0.684. The number of carbonyl (C=O) groups excluding carboxylic acids is 2. The number of nitrogens with zero attached hydrogens (tertiary/aromatic N) is 3. The van der Waals surface area contributed by atoms with Gasteiger partial charge in [0.2, 0.25) is 17.7 Å². The van der Waals surface area contributed by atoms with Crippen LogP contribution in [0.3, 0.4) is 0 Å². The number of piperidine rings is 1. The van der Waals surface area contributed by atoms with Crippen molar-refractivity contribution in [2.45, 2.75) is 57.7 Å². The average Bonchev–Trinajstić information content (AvgIpc) is 3.19. The molecule has 2 aliphatic heterocycles. The molecule has 4 rings (SSSR count). The van der Waals surface area contributed by atoms with Crippen LogP contribution < -0.4 is 10.6 Å². The lowest BCUT2D eigenvalue weighted by molar-refractivity contribution is -0.133. The summed E-state index contributed by atoms with van der Waals surface area (Å²) in [6.45, 7) is 9.52. The predicted molar refractivity (Wildman–Crippen MR) is 119 cm³/mol. The van der Waals surface area contributed by atoms with Crippen LogP contribution in [0.4, 0.5) is 0 Å². The van der Waals surface area contributed by atoms with E-state index in [2.05, 4.69) is 34.4 Å². The Bertz CT molecular complexity index is 884. The average molecular weight is 428 g/mol. The van der Waals surface area contributed by atoms with Crippen LogP contribution in [-0.4, -0.2) is 77.4 Å². The summed E-state index contributed by atoms with van der Waals surface area (Å²) in [4.78, 5) is 33.6. The maximum absolute atomic E-state index is 13.0. The van der Waals surface area contributed by atoms with Gasteiger partial charge in [-0.2, -0.15) is 0 Å². The Morgan fingerprint density at radius 1 is 1.23 bits per heavy atom. The van der Waals surface area contributed by atoms with E-state index in [1.54, 1.807) is 6.92 Å². The molecule has 0 spiro atoms. The third-order valence-electron chi connectivity index (χ3n) is 6.58. The van der Waals surface area contributed by atoms with Gasteiger partial charge in [-0.05, 0) is 45.4 Å². The molecule has 2 N–H and O–H groups in total. The van der Waals surface area contributed by atoms with Crippen molar-refractivity contribution in [3.8, 4) is 0 Å². The molecule has 0 saturated carbocycles. The maximum Gasteiger partial charge on any atom is 0.238 e. The van der Waals surface area contributed by atoms with Crippen LogP contribution in [0.2, 0.25) is 0 Å². The van der Waals surface area contributed by atoms with E-state index < -0.39 is 0 Å². The summed E-state index contributed by atoms with van der Waals surface area (Å²) in [7, 11) is 0. The molecule has 8 nitrogen and oxygen atoms in total. The third kappa shape index (κ3) is 4.75. The van der Waals surface area contributed by atoms with Crippen molar-refractivity contribution < 1.29 is 14.0 Å². The highest BCUT2D eigenvalue weighted by Crippen LogP contribution is 2.30. The summed E-state index contributed by atoms with van der Waals surface area (Å²) in [5.41, 5.74) is 1.59. The molecule has 0 radical (unpaired) electrons. The molecule has 1 unspecified atom stereocenters. The van der Waals surface area contributed by atoms with Crippen molar-refractivity contribution in [1.29, 1.82) is 0 Å². The van der Waals surface area contributed by atoms with Gasteiger partial charge in [0.15, 0.2) is 5.58 Å². The van der Waals surface area contributed by atoms with Crippen LogP contribution in [0.15, 0.2) is 28.7 Å². The largest absolute Gasteiger partial charge is 0.440 e. The van der Waals surface area contributed by atoms with Gasteiger partial charge >= 0.3 is 0 Å². The summed E-state index contributed by atoms with van der Waals surface area (Å²) >= 11 is 0.